The van der Waals surface area contributed by atoms with Gasteiger partial charge in [-0.25, -0.2) is 22.5 Å². The molecular weight excluding hydrogens is 272 g/mol. The Morgan fingerprint density at radius 2 is 2.00 bits per heavy atom. The van der Waals surface area contributed by atoms with Gasteiger partial charge in [0.25, 0.3) is 6.43 Å². The Morgan fingerprint density at radius 1 is 1.28 bits per heavy atom. The normalized spacial score (nSPS) is 11.7. The van der Waals surface area contributed by atoms with Crippen LogP contribution in [0.1, 0.15) is 5.82 Å². The quantitative estimate of drug-likeness (QED) is 0.620. The van der Waals surface area contributed by atoms with Gasteiger partial charge in [0.05, 0.1) is 12.1 Å². The molecule has 0 aliphatic heterocycles. The van der Waals surface area contributed by atoms with Crippen LogP contribution in [-0.2, 0) is 13.0 Å². The van der Waals surface area contributed by atoms with Crippen molar-refractivity contribution in [2.45, 2.75) is 19.4 Å². The fourth-order valence-electron chi connectivity index (χ4n) is 1.82. The predicted molar refractivity (Wildman–Crippen MR) is 60.1 cm³/mol. The molecule has 0 radical (unpaired) electrons. The van der Waals surface area contributed by atoms with Gasteiger partial charge in [0.2, 0.25) is 0 Å². The fraction of sp³-hybridized carbons (Fsp3) is 0.364. The van der Waals surface area contributed by atoms with Gasteiger partial charge < -0.3 is 4.57 Å². The number of rotatable bonds is 4. The van der Waals surface area contributed by atoms with Crippen molar-refractivity contribution in [1.29, 1.82) is 0 Å². The predicted octanol–water partition coefficient (Wildman–Crippen LogP) is 3.36. The third-order valence-corrected chi connectivity index (χ3v) is 2.71. The molecule has 0 aliphatic rings. The topological polar surface area (TPSA) is 17.8 Å². The van der Waals surface area contributed by atoms with Gasteiger partial charge in [-0.1, -0.05) is 0 Å². The van der Waals surface area contributed by atoms with Crippen molar-refractivity contribution in [3.05, 3.63) is 29.6 Å². The summed E-state index contributed by atoms with van der Waals surface area (Å²) < 4.78 is 52.7. The second kappa shape index (κ2) is 5.14. The van der Waals surface area contributed by atoms with E-state index in [-0.39, 0.29) is 29.2 Å². The minimum absolute atomic E-state index is 0.148. The molecule has 2 aromatic rings. The third-order valence-electron chi connectivity index (χ3n) is 2.52. The van der Waals surface area contributed by atoms with Crippen LogP contribution in [0.2, 0.25) is 0 Å². The molecule has 0 saturated carbocycles. The van der Waals surface area contributed by atoms with Crippen molar-refractivity contribution in [3.8, 4) is 0 Å². The van der Waals surface area contributed by atoms with E-state index >= 15 is 0 Å². The first-order chi connectivity index (χ1) is 8.54. The monoisotopic (exact) mass is 280 g/mol. The van der Waals surface area contributed by atoms with Gasteiger partial charge in [-0.3, -0.25) is 0 Å². The number of imidazole rings is 1. The molecular formula is C11H9ClF4N2. The van der Waals surface area contributed by atoms with Crippen molar-refractivity contribution in [3.63, 3.8) is 0 Å². The van der Waals surface area contributed by atoms with Crippen molar-refractivity contribution in [2.24, 2.45) is 0 Å². The number of fused-ring (bicyclic) bond motifs is 1. The average Bonchev–Trinajstić information content (AvgIpc) is 2.63. The Balaban J connectivity index is 2.66. The standard InChI is InChI=1S/C11H9ClF4N2/c12-4-3-9-17-7-2-1-6(13)10(16)11(7)18(9)5-8(14)15/h1-2,8H,3-5H2. The summed E-state index contributed by atoms with van der Waals surface area (Å²) in [5.74, 6) is -1.86. The maximum atomic E-state index is 13.6. The molecule has 2 nitrogen and oxygen atoms in total. The van der Waals surface area contributed by atoms with Crippen LogP contribution in [-0.4, -0.2) is 21.9 Å². The summed E-state index contributed by atoms with van der Waals surface area (Å²) in [4.78, 5) is 4.00. The minimum atomic E-state index is -2.68. The Hall–Kier alpha value is -1.30. The summed E-state index contributed by atoms with van der Waals surface area (Å²) in [5, 5.41) is 0. The van der Waals surface area contributed by atoms with E-state index in [1.807, 2.05) is 0 Å². The molecule has 7 heteroatoms. The first kappa shape index (κ1) is 13.1. The van der Waals surface area contributed by atoms with Crippen LogP contribution in [0.25, 0.3) is 11.0 Å². The molecule has 2 rings (SSSR count). The zero-order valence-electron chi connectivity index (χ0n) is 9.14. The first-order valence-corrected chi connectivity index (χ1v) is 5.75. The van der Waals surface area contributed by atoms with Crippen LogP contribution < -0.4 is 0 Å². The maximum absolute atomic E-state index is 13.6. The van der Waals surface area contributed by atoms with E-state index in [2.05, 4.69) is 4.98 Å². The zero-order valence-corrected chi connectivity index (χ0v) is 9.89. The van der Waals surface area contributed by atoms with Gasteiger partial charge in [-0.15, -0.1) is 11.6 Å². The number of halogens is 5. The molecule has 0 aliphatic carbocycles. The zero-order chi connectivity index (χ0) is 13.3. The van der Waals surface area contributed by atoms with E-state index in [1.54, 1.807) is 0 Å². The smallest absolute Gasteiger partial charge is 0.256 e. The van der Waals surface area contributed by atoms with Gasteiger partial charge in [0, 0.05) is 12.3 Å². The van der Waals surface area contributed by atoms with Gasteiger partial charge in [0.1, 0.15) is 11.3 Å². The molecule has 1 heterocycles. The number of alkyl halides is 3. The number of nitrogens with zero attached hydrogens (tertiary/aromatic N) is 2. The van der Waals surface area contributed by atoms with Gasteiger partial charge >= 0.3 is 0 Å². The van der Waals surface area contributed by atoms with Gasteiger partial charge in [-0.2, -0.15) is 0 Å². The van der Waals surface area contributed by atoms with E-state index in [4.69, 9.17) is 11.6 Å². The molecule has 0 amide bonds. The number of aromatic nitrogens is 2. The Morgan fingerprint density at radius 3 is 2.61 bits per heavy atom. The summed E-state index contributed by atoms with van der Waals surface area (Å²) in [5.41, 5.74) is -0.0925. The number of hydrogen-bond acceptors (Lipinski definition) is 1. The lowest BCUT2D eigenvalue weighted by atomic mass is 10.3. The summed E-state index contributed by atoms with van der Waals surface area (Å²) in [6.45, 7) is -0.733. The van der Waals surface area contributed by atoms with E-state index < -0.39 is 24.6 Å². The molecule has 98 valence electrons. The van der Waals surface area contributed by atoms with E-state index in [0.717, 1.165) is 10.6 Å². The Bertz CT molecular complexity index is 568. The molecule has 0 atom stereocenters. The van der Waals surface area contributed by atoms with Crippen LogP contribution >= 0.6 is 11.6 Å². The molecule has 0 fully saturated rings. The highest BCUT2D eigenvalue weighted by Gasteiger charge is 2.19. The molecule has 0 bridgehead atoms. The van der Waals surface area contributed by atoms with Crippen LogP contribution in [0.15, 0.2) is 12.1 Å². The van der Waals surface area contributed by atoms with Crippen LogP contribution in [0.4, 0.5) is 17.6 Å². The Kier molecular flexibility index (Phi) is 3.75. The molecule has 1 aromatic carbocycles. The van der Waals surface area contributed by atoms with Gasteiger partial charge in [0.15, 0.2) is 11.6 Å². The van der Waals surface area contributed by atoms with E-state index in [1.165, 1.54) is 6.07 Å². The molecule has 0 saturated heterocycles. The van der Waals surface area contributed by atoms with Crippen molar-refractivity contribution >= 4 is 22.6 Å². The number of hydrogen-bond donors (Lipinski definition) is 0. The van der Waals surface area contributed by atoms with Crippen molar-refractivity contribution < 1.29 is 17.6 Å². The second-order valence-corrected chi connectivity index (χ2v) is 4.08. The highest BCUT2D eigenvalue weighted by molar-refractivity contribution is 6.17. The molecule has 0 spiro atoms. The lowest BCUT2D eigenvalue weighted by Crippen LogP contribution is -2.11. The van der Waals surface area contributed by atoms with Gasteiger partial charge in [-0.05, 0) is 12.1 Å². The molecule has 0 unspecified atom stereocenters. The SMILES string of the molecule is Fc1ccc2nc(CCCl)n(CC(F)F)c2c1F. The lowest BCUT2D eigenvalue weighted by Gasteiger charge is -2.08. The Labute approximate surface area is 105 Å². The molecule has 18 heavy (non-hydrogen) atoms. The average molecular weight is 281 g/mol. The maximum Gasteiger partial charge on any atom is 0.256 e. The number of benzene rings is 1. The van der Waals surface area contributed by atoms with E-state index in [9.17, 15) is 17.6 Å². The summed E-state index contributed by atoms with van der Waals surface area (Å²) >= 11 is 5.53. The van der Waals surface area contributed by atoms with Crippen molar-refractivity contribution in [1.82, 2.24) is 9.55 Å². The first-order valence-electron chi connectivity index (χ1n) is 5.21. The van der Waals surface area contributed by atoms with Crippen LogP contribution in [0.3, 0.4) is 0 Å². The largest absolute Gasteiger partial charge is 0.320 e. The number of aryl methyl sites for hydroxylation is 1. The highest BCUT2D eigenvalue weighted by Crippen LogP contribution is 2.23. The molecule has 0 N–H and O–H groups in total. The van der Waals surface area contributed by atoms with Crippen LogP contribution in [0.5, 0.6) is 0 Å². The van der Waals surface area contributed by atoms with Crippen LogP contribution in [0, 0.1) is 11.6 Å². The summed E-state index contributed by atoms with van der Waals surface area (Å²) in [6, 6.07) is 2.18. The molecule has 1 aromatic heterocycles. The van der Waals surface area contributed by atoms with E-state index in [0.29, 0.717) is 0 Å². The summed E-state index contributed by atoms with van der Waals surface area (Å²) in [6.07, 6.45) is -2.47. The minimum Gasteiger partial charge on any atom is -0.320 e. The summed E-state index contributed by atoms with van der Waals surface area (Å²) in [7, 11) is 0. The fourth-order valence-corrected chi connectivity index (χ4v) is 1.98. The van der Waals surface area contributed by atoms with Crippen molar-refractivity contribution in [2.75, 3.05) is 5.88 Å². The highest BCUT2D eigenvalue weighted by atomic mass is 35.5. The third kappa shape index (κ3) is 2.29. The lowest BCUT2D eigenvalue weighted by molar-refractivity contribution is 0.126. The second-order valence-electron chi connectivity index (χ2n) is 3.70.